The van der Waals surface area contributed by atoms with Crippen molar-refractivity contribution in [3.8, 4) is 5.69 Å². The van der Waals surface area contributed by atoms with E-state index in [9.17, 15) is 4.79 Å². The number of benzene rings is 2. The van der Waals surface area contributed by atoms with Gasteiger partial charge in [-0.15, -0.1) is 0 Å². The highest BCUT2D eigenvalue weighted by Gasteiger charge is 2.31. The second kappa shape index (κ2) is 8.72. The minimum absolute atomic E-state index is 0.0975. The Balaban J connectivity index is 1.37. The number of likely N-dealkylation sites (tertiary alicyclic amines) is 1. The van der Waals surface area contributed by atoms with Crippen molar-refractivity contribution in [2.75, 3.05) is 18.4 Å². The van der Waals surface area contributed by atoms with Crippen molar-refractivity contribution in [1.29, 1.82) is 0 Å². The van der Waals surface area contributed by atoms with E-state index in [1.54, 1.807) is 23.1 Å². The molecule has 1 atom stereocenters. The van der Waals surface area contributed by atoms with Crippen LogP contribution in [0, 0.1) is 0 Å². The fourth-order valence-electron chi connectivity index (χ4n) is 4.50. The third-order valence-corrected chi connectivity index (χ3v) is 6.14. The van der Waals surface area contributed by atoms with Crippen LogP contribution in [0.2, 0.25) is 5.02 Å². The van der Waals surface area contributed by atoms with Crippen LogP contribution in [0.4, 0.5) is 5.69 Å². The summed E-state index contributed by atoms with van der Waals surface area (Å²) in [5.74, 6) is 0.935. The average molecular weight is 450 g/mol. The summed E-state index contributed by atoms with van der Waals surface area (Å²) < 4.78 is 3.87. The summed E-state index contributed by atoms with van der Waals surface area (Å²) >= 11 is 6.19. The van der Waals surface area contributed by atoms with E-state index in [4.69, 9.17) is 16.6 Å². The number of nitrogens with zero attached hydrogens (tertiary/aromatic N) is 6. The van der Waals surface area contributed by atoms with Crippen LogP contribution in [-0.2, 0) is 11.3 Å². The molecule has 1 amide bonds. The Kier molecular flexibility index (Phi) is 5.63. The number of aromatic nitrogens is 5. The van der Waals surface area contributed by atoms with Gasteiger partial charge in [0, 0.05) is 11.6 Å². The molecule has 8 nitrogen and oxygen atoms in total. The summed E-state index contributed by atoms with van der Waals surface area (Å²) in [6, 6.07) is 13.6. The molecular formula is C23H24ClN7O. The molecule has 0 unspecified atom stereocenters. The number of anilines is 1. The molecule has 2 aromatic heterocycles. The lowest BCUT2D eigenvalue weighted by atomic mass is 10.2. The molecule has 0 radical (unpaired) electrons. The third kappa shape index (κ3) is 3.87. The molecule has 1 aliphatic heterocycles. The van der Waals surface area contributed by atoms with Crippen molar-refractivity contribution < 1.29 is 4.79 Å². The summed E-state index contributed by atoms with van der Waals surface area (Å²) in [6.07, 6.45) is 5.06. The molecule has 0 spiro atoms. The van der Waals surface area contributed by atoms with Crippen LogP contribution in [0.5, 0.6) is 0 Å². The van der Waals surface area contributed by atoms with Gasteiger partial charge in [-0.3, -0.25) is 9.69 Å². The van der Waals surface area contributed by atoms with Gasteiger partial charge in [0.2, 0.25) is 5.91 Å². The largest absolute Gasteiger partial charge is 0.327 e. The molecule has 164 valence electrons. The van der Waals surface area contributed by atoms with Gasteiger partial charge in [-0.05, 0) is 56.6 Å². The lowest BCUT2D eigenvalue weighted by Crippen LogP contribution is -2.34. The first kappa shape index (κ1) is 20.7. The third-order valence-electron chi connectivity index (χ3n) is 5.91. The molecule has 0 bridgehead atoms. The first-order chi connectivity index (χ1) is 15.6. The topological polar surface area (TPSA) is 80.9 Å². The maximum Gasteiger partial charge on any atom is 0.238 e. The fourth-order valence-corrected chi connectivity index (χ4v) is 4.68. The summed E-state index contributed by atoms with van der Waals surface area (Å²) in [6.45, 7) is 4.11. The van der Waals surface area contributed by atoms with Gasteiger partial charge in [-0.2, -0.15) is 5.10 Å². The smallest absolute Gasteiger partial charge is 0.238 e. The number of fused-ring (bicyclic) bond motifs is 1. The second-order valence-electron chi connectivity index (χ2n) is 7.88. The van der Waals surface area contributed by atoms with Gasteiger partial charge in [-0.1, -0.05) is 23.7 Å². The maximum absolute atomic E-state index is 13.0. The molecule has 1 saturated heterocycles. The van der Waals surface area contributed by atoms with E-state index in [1.165, 1.54) is 6.33 Å². The number of rotatable bonds is 6. The molecule has 0 aliphatic carbocycles. The number of carbonyl (C=O) groups excluding carboxylic acids is 1. The Labute approximate surface area is 190 Å². The normalized spacial score (nSPS) is 16.6. The molecule has 5 rings (SSSR count). The predicted octanol–water partition coefficient (Wildman–Crippen LogP) is 4.07. The number of para-hydroxylation sites is 2. The summed E-state index contributed by atoms with van der Waals surface area (Å²) in [5, 5.41) is 7.72. The molecule has 1 N–H and O–H groups in total. The minimum Gasteiger partial charge on any atom is -0.327 e. The van der Waals surface area contributed by atoms with Gasteiger partial charge in [0.05, 0.1) is 35.0 Å². The highest BCUT2D eigenvalue weighted by Crippen LogP contribution is 2.33. The molecule has 32 heavy (non-hydrogen) atoms. The van der Waals surface area contributed by atoms with Crippen molar-refractivity contribution in [3.05, 3.63) is 66.0 Å². The monoisotopic (exact) mass is 449 g/mol. The number of imidazole rings is 1. The van der Waals surface area contributed by atoms with E-state index in [0.717, 1.165) is 42.8 Å². The van der Waals surface area contributed by atoms with Gasteiger partial charge in [0.1, 0.15) is 18.5 Å². The number of aryl methyl sites for hydroxylation is 1. The number of halogens is 1. The van der Waals surface area contributed by atoms with E-state index >= 15 is 0 Å². The van der Waals surface area contributed by atoms with Crippen LogP contribution < -0.4 is 5.32 Å². The molecule has 3 heterocycles. The number of amides is 1. The molecule has 9 heteroatoms. The van der Waals surface area contributed by atoms with Crippen LogP contribution >= 0.6 is 11.6 Å². The Bertz CT molecular complexity index is 1250. The molecule has 1 fully saturated rings. The number of hydrogen-bond acceptors (Lipinski definition) is 5. The van der Waals surface area contributed by atoms with E-state index in [-0.39, 0.29) is 18.5 Å². The quantitative estimate of drug-likeness (QED) is 0.480. The van der Waals surface area contributed by atoms with E-state index in [2.05, 4.69) is 37.9 Å². The van der Waals surface area contributed by atoms with Crippen LogP contribution in [0.15, 0.2) is 55.1 Å². The zero-order valence-corrected chi connectivity index (χ0v) is 18.5. The van der Waals surface area contributed by atoms with Gasteiger partial charge in [0.25, 0.3) is 0 Å². The van der Waals surface area contributed by atoms with Gasteiger partial charge >= 0.3 is 0 Å². The first-order valence-corrected chi connectivity index (χ1v) is 11.2. The van der Waals surface area contributed by atoms with E-state index in [0.29, 0.717) is 16.4 Å². The highest BCUT2D eigenvalue weighted by molar-refractivity contribution is 6.31. The fraction of sp³-hybridized carbons (Fsp3) is 0.304. The maximum atomic E-state index is 13.0. The summed E-state index contributed by atoms with van der Waals surface area (Å²) in [7, 11) is 0. The Morgan fingerprint density at radius 2 is 2.12 bits per heavy atom. The minimum atomic E-state index is -0.0975. The lowest BCUT2D eigenvalue weighted by Gasteiger charge is -2.24. The summed E-state index contributed by atoms with van der Waals surface area (Å²) in [4.78, 5) is 24.2. The molecule has 1 aliphatic rings. The Morgan fingerprint density at radius 3 is 2.94 bits per heavy atom. The van der Waals surface area contributed by atoms with Crippen molar-refractivity contribution in [2.45, 2.75) is 32.4 Å². The Hall–Kier alpha value is -3.23. The molecule has 2 aromatic carbocycles. The molecule has 0 saturated carbocycles. The van der Waals surface area contributed by atoms with Crippen LogP contribution in [0.3, 0.4) is 0 Å². The number of nitrogens with one attached hydrogen (secondary N) is 1. The predicted molar refractivity (Wildman–Crippen MR) is 124 cm³/mol. The first-order valence-electron chi connectivity index (χ1n) is 10.8. The van der Waals surface area contributed by atoms with Crippen molar-refractivity contribution in [3.63, 3.8) is 0 Å². The second-order valence-corrected chi connectivity index (χ2v) is 8.32. The summed E-state index contributed by atoms with van der Waals surface area (Å²) in [5.41, 5.74) is 3.45. The van der Waals surface area contributed by atoms with Crippen molar-refractivity contribution in [2.24, 2.45) is 0 Å². The van der Waals surface area contributed by atoms with Crippen LogP contribution in [-0.4, -0.2) is 48.2 Å². The highest BCUT2D eigenvalue weighted by atomic mass is 35.5. The number of carbonyl (C=O) groups is 1. The Morgan fingerprint density at radius 1 is 1.25 bits per heavy atom. The van der Waals surface area contributed by atoms with Crippen LogP contribution in [0.1, 0.15) is 31.6 Å². The van der Waals surface area contributed by atoms with E-state index < -0.39 is 0 Å². The van der Waals surface area contributed by atoms with Gasteiger partial charge in [-0.25, -0.2) is 14.6 Å². The molecular weight excluding hydrogens is 426 g/mol. The van der Waals surface area contributed by atoms with Crippen molar-refractivity contribution >= 4 is 34.2 Å². The standard InChI is InChI=1S/C23H24ClN7O/c1-2-30-19-7-4-3-6-17(19)28-23(30)21-8-5-11-29(21)13-22(32)27-18-12-16(24)9-10-20(18)31-15-25-14-26-31/h3-4,6-7,9-10,12,14-15,21H,2,5,8,11,13H2,1H3,(H,27,32)/t21-/m1/s1. The van der Waals surface area contributed by atoms with Crippen molar-refractivity contribution in [1.82, 2.24) is 29.2 Å². The van der Waals surface area contributed by atoms with Gasteiger partial charge < -0.3 is 9.88 Å². The average Bonchev–Trinajstić information content (AvgIpc) is 3.53. The number of hydrogen-bond donors (Lipinski definition) is 1. The van der Waals surface area contributed by atoms with E-state index in [1.807, 2.05) is 24.3 Å². The van der Waals surface area contributed by atoms with Gasteiger partial charge in [0.15, 0.2) is 0 Å². The zero-order valence-electron chi connectivity index (χ0n) is 17.8. The SMILES string of the molecule is CCn1c([C@H]2CCCN2CC(=O)Nc2cc(Cl)ccc2-n2cncn2)nc2ccccc21. The zero-order chi connectivity index (χ0) is 22.1. The molecule has 4 aromatic rings. The lowest BCUT2D eigenvalue weighted by molar-refractivity contribution is -0.117. The van der Waals surface area contributed by atoms with Crippen LogP contribution in [0.25, 0.3) is 16.7 Å².